The van der Waals surface area contributed by atoms with E-state index in [4.69, 9.17) is 18.9 Å². The van der Waals surface area contributed by atoms with E-state index >= 15 is 0 Å². The first-order chi connectivity index (χ1) is 7.95. The molecule has 4 heteroatoms. The molecule has 0 amide bonds. The highest BCUT2D eigenvalue weighted by atomic mass is 16.6. The molecule has 0 aromatic carbocycles. The van der Waals surface area contributed by atoms with E-state index in [1.807, 2.05) is 34.6 Å². The second-order valence-electron chi connectivity index (χ2n) is 4.93. The second-order valence-corrected chi connectivity index (χ2v) is 4.93. The van der Waals surface area contributed by atoms with E-state index in [9.17, 15) is 0 Å². The zero-order valence-electron chi connectivity index (χ0n) is 12.0. The van der Waals surface area contributed by atoms with Gasteiger partial charge in [0.25, 0.3) is 0 Å². The van der Waals surface area contributed by atoms with Crippen LogP contribution < -0.4 is 0 Å². The van der Waals surface area contributed by atoms with Crippen LogP contribution in [0.3, 0.4) is 0 Å². The molecule has 0 heterocycles. The van der Waals surface area contributed by atoms with Gasteiger partial charge in [0, 0.05) is 6.61 Å². The maximum atomic E-state index is 5.71. The summed E-state index contributed by atoms with van der Waals surface area (Å²) in [4.78, 5) is 0. The van der Waals surface area contributed by atoms with Gasteiger partial charge in [0.1, 0.15) is 0 Å². The molecule has 0 saturated heterocycles. The van der Waals surface area contributed by atoms with E-state index in [1.165, 1.54) is 0 Å². The third-order valence-corrected chi connectivity index (χ3v) is 1.86. The van der Waals surface area contributed by atoms with Gasteiger partial charge >= 0.3 is 0 Å². The molecule has 0 aliphatic carbocycles. The van der Waals surface area contributed by atoms with Gasteiger partial charge in [0.2, 0.25) is 0 Å². The number of hydrogen-bond acceptors (Lipinski definition) is 4. The van der Waals surface area contributed by atoms with Crippen molar-refractivity contribution in [2.75, 3.05) is 39.6 Å². The number of rotatable bonds is 10. The van der Waals surface area contributed by atoms with E-state index in [0.717, 1.165) is 6.61 Å². The summed E-state index contributed by atoms with van der Waals surface area (Å²) in [7, 11) is 0. The Morgan fingerprint density at radius 1 is 0.882 bits per heavy atom. The predicted molar refractivity (Wildman–Crippen MR) is 68.4 cm³/mol. The highest BCUT2D eigenvalue weighted by molar-refractivity contribution is 4.62. The molecule has 0 rings (SSSR count). The second kappa shape index (κ2) is 9.83. The minimum atomic E-state index is -0.114. The Hall–Kier alpha value is -0.160. The lowest BCUT2D eigenvalue weighted by atomic mass is 10.2. The summed E-state index contributed by atoms with van der Waals surface area (Å²) in [6, 6.07) is 0. The van der Waals surface area contributed by atoms with Crippen LogP contribution in [0.2, 0.25) is 0 Å². The van der Waals surface area contributed by atoms with Crippen LogP contribution >= 0.6 is 0 Å². The van der Waals surface area contributed by atoms with Gasteiger partial charge < -0.3 is 18.9 Å². The van der Waals surface area contributed by atoms with Crippen molar-refractivity contribution in [3.63, 3.8) is 0 Å². The van der Waals surface area contributed by atoms with E-state index in [0.29, 0.717) is 33.0 Å². The average molecular weight is 248 g/mol. The summed E-state index contributed by atoms with van der Waals surface area (Å²) in [5.74, 6) is 0. The lowest BCUT2D eigenvalue weighted by Gasteiger charge is -2.24. The van der Waals surface area contributed by atoms with Gasteiger partial charge in [0.05, 0.1) is 44.7 Å². The van der Waals surface area contributed by atoms with Gasteiger partial charge in [0.15, 0.2) is 0 Å². The molecule has 0 fully saturated rings. The minimum Gasteiger partial charge on any atom is -0.379 e. The Labute approximate surface area is 106 Å². The highest BCUT2D eigenvalue weighted by Gasteiger charge is 2.14. The van der Waals surface area contributed by atoms with Crippen molar-refractivity contribution in [1.29, 1.82) is 0 Å². The summed E-state index contributed by atoms with van der Waals surface area (Å²) in [5.41, 5.74) is -0.114. The molecule has 0 N–H and O–H groups in total. The molecule has 0 aliphatic rings. The average Bonchev–Trinajstić information content (AvgIpc) is 2.19. The summed E-state index contributed by atoms with van der Waals surface area (Å²) in [6.07, 6.45) is 0.110. The van der Waals surface area contributed by atoms with Gasteiger partial charge in [-0.05, 0) is 34.6 Å². The zero-order chi connectivity index (χ0) is 13.1. The molecular formula is C13H28O4. The smallest absolute Gasteiger partial charge is 0.0787 e. The Bertz CT molecular complexity index is 165. The molecule has 1 atom stereocenters. The molecule has 1 unspecified atom stereocenters. The Morgan fingerprint density at radius 2 is 1.41 bits per heavy atom. The minimum absolute atomic E-state index is 0.110. The largest absolute Gasteiger partial charge is 0.379 e. The van der Waals surface area contributed by atoms with Crippen molar-refractivity contribution in [1.82, 2.24) is 0 Å². The van der Waals surface area contributed by atoms with E-state index in [-0.39, 0.29) is 11.7 Å². The molecule has 0 aromatic heterocycles. The maximum Gasteiger partial charge on any atom is 0.0787 e. The third-order valence-electron chi connectivity index (χ3n) is 1.86. The Balaban J connectivity index is 3.22. The van der Waals surface area contributed by atoms with Crippen molar-refractivity contribution in [2.24, 2.45) is 0 Å². The lowest BCUT2D eigenvalue weighted by molar-refractivity contribution is -0.0892. The molecular weight excluding hydrogens is 220 g/mol. The summed E-state index contributed by atoms with van der Waals surface area (Å²) >= 11 is 0. The van der Waals surface area contributed by atoms with Crippen molar-refractivity contribution in [3.8, 4) is 0 Å². The van der Waals surface area contributed by atoms with Gasteiger partial charge in [-0.25, -0.2) is 0 Å². The molecule has 0 saturated carbocycles. The molecule has 17 heavy (non-hydrogen) atoms. The van der Waals surface area contributed by atoms with Crippen LogP contribution in [0.25, 0.3) is 0 Å². The van der Waals surface area contributed by atoms with Crippen LogP contribution in [0.4, 0.5) is 0 Å². The van der Waals surface area contributed by atoms with Crippen LogP contribution in [0.15, 0.2) is 0 Å². The van der Waals surface area contributed by atoms with E-state index in [2.05, 4.69) is 0 Å². The summed E-state index contributed by atoms with van der Waals surface area (Å²) in [5, 5.41) is 0. The van der Waals surface area contributed by atoms with Gasteiger partial charge in [-0.1, -0.05) is 0 Å². The topological polar surface area (TPSA) is 36.9 Å². The quantitative estimate of drug-likeness (QED) is 0.556. The Kier molecular flexibility index (Phi) is 9.74. The molecule has 0 aliphatic heterocycles. The van der Waals surface area contributed by atoms with Gasteiger partial charge in [-0.2, -0.15) is 0 Å². The lowest BCUT2D eigenvalue weighted by Crippen LogP contribution is -2.29. The fourth-order valence-corrected chi connectivity index (χ4v) is 1.37. The zero-order valence-corrected chi connectivity index (χ0v) is 12.0. The van der Waals surface area contributed by atoms with Crippen LogP contribution in [-0.2, 0) is 18.9 Å². The first kappa shape index (κ1) is 16.8. The van der Waals surface area contributed by atoms with E-state index < -0.39 is 0 Å². The van der Waals surface area contributed by atoms with Crippen molar-refractivity contribution in [2.45, 2.75) is 46.3 Å². The highest BCUT2D eigenvalue weighted by Crippen LogP contribution is 2.10. The van der Waals surface area contributed by atoms with Gasteiger partial charge in [-0.3, -0.25) is 0 Å². The molecule has 4 nitrogen and oxygen atoms in total. The predicted octanol–water partition coefficient (Wildman–Crippen LogP) is 2.26. The van der Waals surface area contributed by atoms with Crippen LogP contribution in [0, 0.1) is 0 Å². The Morgan fingerprint density at radius 3 is 1.94 bits per heavy atom. The van der Waals surface area contributed by atoms with E-state index in [1.54, 1.807) is 0 Å². The number of hydrogen-bond donors (Lipinski definition) is 0. The fourth-order valence-electron chi connectivity index (χ4n) is 1.37. The fraction of sp³-hybridized carbons (Fsp3) is 1.00. The normalized spacial score (nSPS) is 13.9. The molecule has 0 bridgehead atoms. The standard InChI is InChI=1S/C13H28O4/c1-6-14-7-8-15-9-10-16-11-12(2)17-13(3,4)5/h12H,6-11H2,1-5H3. The van der Waals surface area contributed by atoms with Crippen LogP contribution in [-0.4, -0.2) is 51.3 Å². The summed E-state index contributed by atoms with van der Waals surface area (Å²) < 4.78 is 21.6. The SMILES string of the molecule is CCOCCOCCOCC(C)OC(C)(C)C. The first-order valence-electron chi connectivity index (χ1n) is 6.36. The van der Waals surface area contributed by atoms with Crippen LogP contribution in [0.5, 0.6) is 0 Å². The molecule has 0 radical (unpaired) electrons. The van der Waals surface area contributed by atoms with Crippen LogP contribution in [0.1, 0.15) is 34.6 Å². The first-order valence-corrected chi connectivity index (χ1v) is 6.36. The monoisotopic (exact) mass is 248 g/mol. The molecule has 0 aromatic rings. The van der Waals surface area contributed by atoms with Gasteiger partial charge in [-0.15, -0.1) is 0 Å². The summed E-state index contributed by atoms with van der Waals surface area (Å²) in [6.45, 7) is 13.9. The molecule has 104 valence electrons. The number of ether oxygens (including phenoxy) is 4. The van der Waals surface area contributed by atoms with Crippen molar-refractivity contribution in [3.05, 3.63) is 0 Å². The molecule has 0 spiro atoms. The maximum absolute atomic E-state index is 5.71. The third kappa shape index (κ3) is 13.8. The van der Waals surface area contributed by atoms with Crippen molar-refractivity contribution >= 4 is 0 Å². The van der Waals surface area contributed by atoms with Crippen molar-refractivity contribution < 1.29 is 18.9 Å².